The van der Waals surface area contributed by atoms with Crippen molar-refractivity contribution in [3.8, 4) is 0 Å². The maximum atomic E-state index is 6.05. The van der Waals surface area contributed by atoms with E-state index in [1.54, 1.807) is 6.33 Å². The summed E-state index contributed by atoms with van der Waals surface area (Å²) in [4.78, 5) is 10.7. The van der Waals surface area contributed by atoms with Crippen LogP contribution in [-0.2, 0) is 0 Å². The normalized spacial score (nSPS) is 24.7. The summed E-state index contributed by atoms with van der Waals surface area (Å²) >= 11 is 6.05. The molecule has 0 spiro atoms. The fourth-order valence-corrected chi connectivity index (χ4v) is 2.83. The molecule has 1 aliphatic rings. The molecular formula is C13H20ClN3. The van der Waals surface area contributed by atoms with Gasteiger partial charge in [0.1, 0.15) is 17.3 Å². The number of aromatic nitrogens is 2. The van der Waals surface area contributed by atoms with Gasteiger partial charge in [-0.1, -0.05) is 31.4 Å². The van der Waals surface area contributed by atoms with Crippen molar-refractivity contribution in [1.29, 1.82) is 0 Å². The first kappa shape index (κ1) is 12.6. The third kappa shape index (κ3) is 2.71. The minimum Gasteiger partial charge on any atom is -0.356 e. The van der Waals surface area contributed by atoms with Gasteiger partial charge in [0.25, 0.3) is 0 Å². The number of halogens is 1. The van der Waals surface area contributed by atoms with Crippen molar-refractivity contribution in [2.75, 3.05) is 11.9 Å². The summed E-state index contributed by atoms with van der Waals surface area (Å²) in [5.41, 5.74) is 0.981. The molecule has 1 aromatic rings. The lowest BCUT2D eigenvalue weighted by Gasteiger charge is -2.35. The topological polar surface area (TPSA) is 29.0 Å². The van der Waals surface area contributed by atoms with Crippen LogP contribution < -0.4 is 4.90 Å². The van der Waals surface area contributed by atoms with Gasteiger partial charge in [0, 0.05) is 18.7 Å². The maximum absolute atomic E-state index is 6.05. The zero-order chi connectivity index (χ0) is 12.4. The molecular weight excluding hydrogens is 234 g/mol. The fraction of sp³-hybridized carbons (Fsp3) is 0.692. The second-order valence-corrected chi connectivity index (χ2v) is 5.51. The third-order valence-corrected chi connectivity index (χ3v) is 4.17. The van der Waals surface area contributed by atoms with Crippen LogP contribution in [0.1, 0.15) is 38.2 Å². The highest BCUT2D eigenvalue weighted by Gasteiger charge is 2.24. The van der Waals surface area contributed by atoms with Gasteiger partial charge in [0.15, 0.2) is 0 Å². The summed E-state index contributed by atoms with van der Waals surface area (Å²) in [6, 6.07) is 0.586. The Bertz CT molecular complexity index is 394. The molecule has 2 atom stereocenters. The van der Waals surface area contributed by atoms with Gasteiger partial charge in [-0.2, -0.15) is 0 Å². The van der Waals surface area contributed by atoms with E-state index in [1.807, 2.05) is 6.92 Å². The molecule has 3 nitrogen and oxygen atoms in total. The van der Waals surface area contributed by atoms with Crippen LogP contribution in [0.2, 0.25) is 5.15 Å². The first-order chi connectivity index (χ1) is 8.09. The summed E-state index contributed by atoms with van der Waals surface area (Å²) in [5, 5.41) is 0.561. The Hall–Kier alpha value is -0.830. The van der Waals surface area contributed by atoms with Crippen LogP contribution in [-0.4, -0.2) is 23.1 Å². The minimum absolute atomic E-state index is 0.561. The van der Waals surface area contributed by atoms with Gasteiger partial charge in [0.05, 0.1) is 0 Å². The van der Waals surface area contributed by atoms with Crippen LogP contribution in [0.4, 0.5) is 5.82 Å². The van der Waals surface area contributed by atoms with Crippen molar-refractivity contribution in [1.82, 2.24) is 9.97 Å². The first-order valence-corrected chi connectivity index (χ1v) is 6.67. The molecule has 0 bridgehead atoms. The maximum Gasteiger partial charge on any atom is 0.137 e. The lowest BCUT2D eigenvalue weighted by molar-refractivity contribution is 0.335. The molecule has 4 heteroatoms. The molecule has 2 unspecified atom stereocenters. The Balaban J connectivity index is 2.18. The Labute approximate surface area is 108 Å². The summed E-state index contributed by atoms with van der Waals surface area (Å²) < 4.78 is 0. The predicted molar refractivity (Wildman–Crippen MR) is 71.6 cm³/mol. The smallest absolute Gasteiger partial charge is 0.137 e. The zero-order valence-electron chi connectivity index (χ0n) is 10.8. The minimum atomic E-state index is 0.561. The molecule has 1 fully saturated rings. The molecule has 2 rings (SSSR count). The van der Waals surface area contributed by atoms with Crippen molar-refractivity contribution in [2.45, 2.75) is 45.6 Å². The van der Waals surface area contributed by atoms with E-state index in [1.165, 1.54) is 25.7 Å². The molecule has 0 radical (unpaired) electrons. The Morgan fingerprint density at radius 2 is 2.12 bits per heavy atom. The average Bonchev–Trinajstić information content (AvgIpc) is 2.32. The first-order valence-electron chi connectivity index (χ1n) is 6.29. The largest absolute Gasteiger partial charge is 0.356 e. The molecule has 1 saturated carbocycles. The lowest BCUT2D eigenvalue weighted by Crippen LogP contribution is -2.36. The SMILES string of the molecule is Cc1c(Cl)ncnc1N(C)C1CCCC(C)C1. The van der Waals surface area contributed by atoms with Gasteiger partial charge in [-0.05, 0) is 25.7 Å². The molecule has 94 valence electrons. The van der Waals surface area contributed by atoms with E-state index in [2.05, 4.69) is 28.8 Å². The summed E-state index contributed by atoms with van der Waals surface area (Å²) in [6.45, 7) is 4.32. The summed E-state index contributed by atoms with van der Waals surface area (Å²) in [5.74, 6) is 1.79. The highest BCUT2D eigenvalue weighted by Crippen LogP contribution is 2.30. The molecule has 0 saturated heterocycles. The third-order valence-electron chi connectivity index (χ3n) is 3.79. The highest BCUT2D eigenvalue weighted by molar-refractivity contribution is 6.30. The van der Waals surface area contributed by atoms with Gasteiger partial charge in [-0.3, -0.25) is 0 Å². The number of rotatable bonds is 2. The molecule has 0 N–H and O–H groups in total. The van der Waals surface area contributed by atoms with E-state index >= 15 is 0 Å². The molecule has 1 heterocycles. The van der Waals surface area contributed by atoms with Gasteiger partial charge in [0.2, 0.25) is 0 Å². The number of hydrogen-bond donors (Lipinski definition) is 0. The summed E-state index contributed by atoms with van der Waals surface area (Å²) in [7, 11) is 2.12. The van der Waals surface area contributed by atoms with Crippen LogP contribution in [0.5, 0.6) is 0 Å². The van der Waals surface area contributed by atoms with E-state index in [0.717, 1.165) is 17.3 Å². The van der Waals surface area contributed by atoms with Crippen LogP contribution in [0.15, 0.2) is 6.33 Å². The van der Waals surface area contributed by atoms with Gasteiger partial charge in [-0.25, -0.2) is 9.97 Å². The predicted octanol–water partition coefficient (Wildman–Crippen LogP) is 3.45. The molecule has 1 aromatic heterocycles. The Morgan fingerprint density at radius 1 is 1.35 bits per heavy atom. The van der Waals surface area contributed by atoms with E-state index < -0.39 is 0 Å². The van der Waals surface area contributed by atoms with Crippen molar-refractivity contribution >= 4 is 17.4 Å². The highest BCUT2D eigenvalue weighted by atomic mass is 35.5. The Kier molecular flexibility index (Phi) is 3.87. The quantitative estimate of drug-likeness (QED) is 0.756. The van der Waals surface area contributed by atoms with E-state index in [9.17, 15) is 0 Å². The average molecular weight is 254 g/mol. The van der Waals surface area contributed by atoms with Gasteiger partial charge >= 0.3 is 0 Å². The Morgan fingerprint density at radius 3 is 2.82 bits per heavy atom. The molecule has 1 aliphatic carbocycles. The molecule has 0 aliphatic heterocycles. The number of anilines is 1. The van der Waals surface area contributed by atoms with Crippen molar-refractivity contribution < 1.29 is 0 Å². The van der Waals surface area contributed by atoms with Crippen LogP contribution in [0.25, 0.3) is 0 Å². The van der Waals surface area contributed by atoms with E-state index in [4.69, 9.17) is 11.6 Å². The number of nitrogens with zero attached hydrogens (tertiary/aromatic N) is 3. The van der Waals surface area contributed by atoms with Crippen LogP contribution in [0.3, 0.4) is 0 Å². The molecule has 0 amide bonds. The van der Waals surface area contributed by atoms with Crippen LogP contribution >= 0.6 is 11.6 Å². The second-order valence-electron chi connectivity index (χ2n) is 5.15. The molecule has 17 heavy (non-hydrogen) atoms. The van der Waals surface area contributed by atoms with Crippen LogP contribution in [0, 0.1) is 12.8 Å². The monoisotopic (exact) mass is 253 g/mol. The molecule has 0 aromatic carbocycles. The second kappa shape index (κ2) is 5.21. The lowest BCUT2D eigenvalue weighted by atomic mass is 9.86. The van der Waals surface area contributed by atoms with E-state index in [0.29, 0.717) is 11.2 Å². The van der Waals surface area contributed by atoms with Gasteiger partial charge in [-0.15, -0.1) is 0 Å². The van der Waals surface area contributed by atoms with Crippen molar-refractivity contribution in [3.63, 3.8) is 0 Å². The van der Waals surface area contributed by atoms with Gasteiger partial charge < -0.3 is 4.90 Å². The van der Waals surface area contributed by atoms with Crippen molar-refractivity contribution in [3.05, 3.63) is 17.0 Å². The number of hydrogen-bond acceptors (Lipinski definition) is 3. The zero-order valence-corrected chi connectivity index (χ0v) is 11.5. The summed E-state index contributed by atoms with van der Waals surface area (Å²) in [6.07, 6.45) is 6.72. The van der Waals surface area contributed by atoms with Crippen molar-refractivity contribution in [2.24, 2.45) is 5.92 Å². The standard InChI is InChI=1S/C13H20ClN3/c1-9-5-4-6-11(7-9)17(3)13-10(2)12(14)15-8-16-13/h8-9,11H,4-7H2,1-3H3. The fourth-order valence-electron chi connectivity index (χ4n) is 2.70. The van der Waals surface area contributed by atoms with E-state index in [-0.39, 0.29) is 0 Å².